The van der Waals surface area contributed by atoms with Crippen molar-refractivity contribution in [3.8, 4) is 0 Å². The average Bonchev–Trinajstić information content (AvgIpc) is 3.17. The summed E-state index contributed by atoms with van der Waals surface area (Å²) >= 11 is 0. The standard InChI is InChI=1S/C16H25N4O5P/c1-11(2)8-26(22,23)24-7-13-4-3-12(25-13)5-6-20-10-19-14-15(20)17-9-18-16(14)21/h9-13H,3-8H2,1-2H3,(H,22,23)(H,17,18,21)/t12-,13+/m1/s1. The summed E-state index contributed by atoms with van der Waals surface area (Å²) in [6, 6.07) is 0. The molecule has 0 spiro atoms. The van der Waals surface area contributed by atoms with E-state index in [4.69, 9.17) is 9.26 Å². The quantitative estimate of drug-likeness (QED) is 0.667. The van der Waals surface area contributed by atoms with Crippen LogP contribution in [0.2, 0.25) is 0 Å². The third-order valence-electron chi connectivity index (χ3n) is 4.35. The molecule has 1 saturated heterocycles. The highest BCUT2D eigenvalue weighted by molar-refractivity contribution is 7.52. The molecule has 2 aromatic rings. The van der Waals surface area contributed by atoms with E-state index in [1.807, 2.05) is 18.4 Å². The maximum absolute atomic E-state index is 11.9. The first kappa shape index (κ1) is 19.2. The Morgan fingerprint density at radius 1 is 1.42 bits per heavy atom. The smallest absolute Gasteiger partial charge is 0.328 e. The molecule has 10 heteroatoms. The SMILES string of the molecule is CC(C)CP(=O)(O)OC[C@@H]1CC[C@H](CCn2cnc3c(=O)[nH]cnc32)O1. The summed E-state index contributed by atoms with van der Waals surface area (Å²) in [4.78, 5) is 32.2. The number of hydrogen-bond donors (Lipinski definition) is 2. The summed E-state index contributed by atoms with van der Waals surface area (Å²) in [6.07, 6.45) is 5.44. The molecule has 2 N–H and O–H groups in total. The molecule has 1 aliphatic rings. The first-order valence-electron chi connectivity index (χ1n) is 8.84. The molecule has 1 unspecified atom stereocenters. The molecule has 2 aromatic heterocycles. The topological polar surface area (TPSA) is 119 Å². The van der Waals surface area contributed by atoms with Crippen LogP contribution in [-0.4, -0.2) is 49.4 Å². The Labute approximate surface area is 151 Å². The van der Waals surface area contributed by atoms with Gasteiger partial charge in [-0.25, -0.2) is 9.97 Å². The lowest BCUT2D eigenvalue weighted by Gasteiger charge is -2.18. The van der Waals surface area contributed by atoms with E-state index in [-0.39, 0.29) is 36.5 Å². The number of rotatable bonds is 8. The Morgan fingerprint density at radius 2 is 2.19 bits per heavy atom. The van der Waals surface area contributed by atoms with Crippen LogP contribution in [0.1, 0.15) is 33.1 Å². The molecule has 0 aromatic carbocycles. The Kier molecular flexibility index (Phi) is 5.92. The molecule has 0 aliphatic carbocycles. The molecule has 0 bridgehead atoms. The fourth-order valence-electron chi connectivity index (χ4n) is 3.17. The third kappa shape index (κ3) is 4.79. The predicted octanol–water partition coefficient (Wildman–Crippen LogP) is 1.92. The third-order valence-corrected chi connectivity index (χ3v) is 6.10. The second kappa shape index (κ2) is 8.00. The molecule has 1 fully saturated rings. The van der Waals surface area contributed by atoms with Gasteiger partial charge in [0, 0.05) is 6.54 Å². The van der Waals surface area contributed by atoms with Crippen LogP contribution in [0.3, 0.4) is 0 Å². The van der Waals surface area contributed by atoms with E-state index in [2.05, 4.69) is 15.0 Å². The van der Waals surface area contributed by atoms with Crippen LogP contribution in [0.4, 0.5) is 0 Å². The number of nitrogens with zero attached hydrogens (tertiary/aromatic N) is 3. The highest BCUT2D eigenvalue weighted by Crippen LogP contribution is 2.44. The zero-order valence-corrected chi connectivity index (χ0v) is 15.9. The number of hydrogen-bond acceptors (Lipinski definition) is 6. The summed E-state index contributed by atoms with van der Waals surface area (Å²) in [5.41, 5.74) is 0.634. The van der Waals surface area contributed by atoms with E-state index in [1.165, 1.54) is 6.33 Å². The van der Waals surface area contributed by atoms with E-state index in [9.17, 15) is 14.3 Å². The molecule has 0 amide bonds. The van der Waals surface area contributed by atoms with Crippen molar-refractivity contribution in [3.63, 3.8) is 0 Å². The summed E-state index contributed by atoms with van der Waals surface area (Å²) < 4.78 is 24.9. The van der Waals surface area contributed by atoms with E-state index in [0.29, 0.717) is 17.7 Å². The van der Waals surface area contributed by atoms with Gasteiger partial charge in [0.1, 0.15) is 0 Å². The van der Waals surface area contributed by atoms with Crippen molar-refractivity contribution in [2.24, 2.45) is 5.92 Å². The monoisotopic (exact) mass is 384 g/mol. The van der Waals surface area contributed by atoms with Crippen LogP contribution >= 0.6 is 7.60 Å². The van der Waals surface area contributed by atoms with Crippen molar-refractivity contribution in [3.05, 3.63) is 23.0 Å². The number of aryl methyl sites for hydroxylation is 1. The van der Waals surface area contributed by atoms with Crippen LogP contribution in [0, 0.1) is 5.92 Å². The Hall–Kier alpha value is -1.54. The van der Waals surface area contributed by atoms with Crippen LogP contribution in [0.25, 0.3) is 11.2 Å². The Balaban J connectivity index is 1.48. The molecule has 3 heterocycles. The van der Waals surface area contributed by atoms with Crippen molar-refractivity contribution in [2.45, 2.75) is 51.9 Å². The maximum atomic E-state index is 11.9. The minimum absolute atomic E-state index is 0.0474. The van der Waals surface area contributed by atoms with Crippen LogP contribution in [-0.2, 0) is 20.4 Å². The fourth-order valence-corrected chi connectivity index (χ4v) is 4.59. The van der Waals surface area contributed by atoms with Crippen LogP contribution in [0.15, 0.2) is 17.4 Å². The number of imidazole rings is 1. The molecule has 0 radical (unpaired) electrons. The lowest BCUT2D eigenvalue weighted by atomic mass is 10.1. The number of ether oxygens (including phenoxy) is 1. The number of H-pyrrole nitrogens is 1. The van der Waals surface area contributed by atoms with Crippen molar-refractivity contribution < 1.29 is 18.7 Å². The zero-order valence-electron chi connectivity index (χ0n) is 15.0. The van der Waals surface area contributed by atoms with E-state index < -0.39 is 7.60 Å². The van der Waals surface area contributed by atoms with Crippen LogP contribution < -0.4 is 5.56 Å². The van der Waals surface area contributed by atoms with Gasteiger partial charge < -0.3 is 23.7 Å². The maximum Gasteiger partial charge on any atom is 0.328 e. The summed E-state index contributed by atoms with van der Waals surface area (Å²) in [5, 5.41) is 0. The van der Waals surface area contributed by atoms with Gasteiger partial charge in [0.05, 0.1) is 37.6 Å². The molecule has 0 saturated carbocycles. The molecular weight excluding hydrogens is 359 g/mol. The molecule has 1 aliphatic heterocycles. The van der Waals surface area contributed by atoms with Gasteiger partial charge >= 0.3 is 7.60 Å². The van der Waals surface area contributed by atoms with Gasteiger partial charge in [-0.15, -0.1) is 0 Å². The predicted molar refractivity (Wildman–Crippen MR) is 96.1 cm³/mol. The van der Waals surface area contributed by atoms with Gasteiger partial charge in [-0.2, -0.15) is 0 Å². The molecule has 144 valence electrons. The van der Waals surface area contributed by atoms with Gasteiger partial charge in [-0.3, -0.25) is 9.36 Å². The molecular formula is C16H25N4O5P. The number of fused-ring (bicyclic) bond motifs is 1. The number of aromatic amines is 1. The normalized spacial score (nSPS) is 22.9. The van der Waals surface area contributed by atoms with Crippen molar-refractivity contribution in [2.75, 3.05) is 12.8 Å². The van der Waals surface area contributed by atoms with Gasteiger partial charge in [-0.05, 0) is 25.2 Å². The van der Waals surface area contributed by atoms with E-state index in [1.54, 1.807) is 6.33 Å². The lowest BCUT2D eigenvalue weighted by molar-refractivity contribution is 0.0105. The van der Waals surface area contributed by atoms with Crippen LogP contribution in [0.5, 0.6) is 0 Å². The second-order valence-corrected chi connectivity index (χ2v) is 9.00. The molecule has 26 heavy (non-hydrogen) atoms. The first-order valence-corrected chi connectivity index (χ1v) is 10.6. The molecule has 9 nitrogen and oxygen atoms in total. The highest BCUT2D eigenvalue weighted by Gasteiger charge is 2.29. The zero-order chi connectivity index (χ0) is 18.7. The van der Waals surface area contributed by atoms with E-state index >= 15 is 0 Å². The lowest BCUT2D eigenvalue weighted by Crippen LogP contribution is -2.18. The van der Waals surface area contributed by atoms with Gasteiger partial charge in [-0.1, -0.05) is 13.8 Å². The van der Waals surface area contributed by atoms with Crippen molar-refractivity contribution >= 4 is 18.8 Å². The van der Waals surface area contributed by atoms with Crippen molar-refractivity contribution in [1.82, 2.24) is 19.5 Å². The highest BCUT2D eigenvalue weighted by atomic mass is 31.2. The second-order valence-electron chi connectivity index (χ2n) is 7.10. The summed E-state index contributed by atoms with van der Waals surface area (Å²) in [6.45, 7) is 4.55. The minimum atomic E-state index is -3.54. The molecule has 3 atom stereocenters. The summed E-state index contributed by atoms with van der Waals surface area (Å²) in [5.74, 6) is 0.105. The van der Waals surface area contributed by atoms with Gasteiger partial charge in [0.25, 0.3) is 5.56 Å². The minimum Gasteiger partial charge on any atom is -0.373 e. The summed E-state index contributed by atoms with van der Waals surface area (Å²) in [7, 11) is -3.54. The molecule has 3 rings (SSSR count). The van der Waals surface area contributed by atoms with E-state index in [0.717, 1.165) is 19.3 Å². The van der Waals surface area contributed by atoms with Gasteiger partial charge in [0.15, 0.2) is 11.2 Å². The average molecular weight is 384 g/mol. The Morgan fingerprint density at radius 3 is 2.96 bits per heavy atom. The first-order chi connectivity index (χ1) is 12.3. The Bertz CT molecular complexity index is 849. The fraction of sp³-hybridized carbons (Fsp3) is 0.688. The van der Waals surface area contributed by atoms with Crippen molar-refractivity contribution in [1.29, 1.82) is 0 Å². The largest absolute Gasteiger partial charge is 0.373 e. The number of aromatic nitrogens is 4. The number of nitrogens with one attached hydrogen (secondary N) is 1. The van der Waals surface area contributed by atoms with Gasteiger partial charge in [0.2, 0.25) is 0 Å².